The predicted molar refractivity (Wildman–Crippen MR) is 103 cm³/mol. The number of hydrogen-bond acceptors (Lipinski definition) is 8. The van der Waals surface area contributed by atoms with Gasteiger partial charge >= 0.3 is 0 Å². The highest BCUT2D eigenvalue weighted by Crippen LogP contribution is 2.31. The zero-order valence-corrected chi connectivity index (χ0v) is 15.9. The number of fused-ring (bicyclic) bond motifs is 1. The van der Waals surface area contributed by atoms with Gasteiger partial charge in [0, 0.05) is 56.7 Å². The minimum absolute atomic E-state index is 0.123. The van der Waals surface area contributed by atoms with Gasteiger partial charge in [-0.25, -0.2) is 15.0 Å². The van der Waals surface area contributed by atoms with E-state index < -0.39 is 0 Å². The van der Waals surface area contributed by atoms with Gasteiger partial charge in [-0.2, -0.15) is 0 Å². The summed E-state index contributed by atoms with van der Waals surface area (Å²) < 4.78 is 1.60. The molecule has 4 rings (SSSR count). The van der Waals surface area contributed by atoms with Gasteiger partial charge in [-0.3, -0.25) is 14.2 Å². The minimum atomic E-state index is -0.190. The smallest absolute Gasteiger partial charge is 0.254 e. The van der Waals surface area contributed by atoms with Crippen LogP contribution in [0.2, 0.25) is 0 Å². The first-order valence-corrected chi connectivity index (χ1v) is 9.84. The number of amides is 1. The zero-order valence-electron chi connectivity index (χ0n) is 15.0. The van der Waals surface area contributed by atoms with E-state index in [-0.39, 0.29) is 23.9 Å². The number of rotatable bonds is 4. The summed E-state index contributed by atoms with van der Waals surface area (Å²) >= 11 is 1.50. The number of aromatic nitrogens is 4. The van der Waals surface area contributed by atoms with Crippen molar-refractivity contribution >= 4 is 29.3 Å². The molecule has 2 aromatic rings. The Morgan fingerprint density at radius 1 is 1.26 bits per heavy atom. The maximum Gasteiger partial charge on any atom is 0.254 e. The monoisotopic (exact) mass is 387 g/mol. The van der Waals surface area contributed by atoms with Crippen molar-refractivity contribution in [3.63, 3.8) is 0 Å². The molecule has 0 saturated carbocycles. The fourth-order valence-electron chi connectivity index (χ4n) is 3.27. The molecule has 2 aliphatic heterocycles. The summed E-state index contributed by atoms with van der Waals surface area (Å²) in [6.07, 6.45) is 3.18. The van der Waals surface area contributed by atoms with Crippen LogP contribution in [0.3, 0.4) is 0 Å². The van der Waals surface area contributed by atoms with Crippen LogP contribution >= 0.6 is 11.8 Å². The average molecular weight is 387 g/mol. The molecule has 9 nitrogen and oxygen atoms in total. The third-order valence-electron chi connectivity index (χ3n) is 4.78. The van der Waals surface area contributed by atoms with Gasteiger partial charge in [-0.05, 0) is 7.05 Å². The van der Waals surface area contributed by atoms with Gasteiger partial charge < -0.3 is 15.1 Å². The van der Waals surface area contributed by atoms with Crippen molar-refractivity contribution in [3.8, 4) is 0 Å². The molecule has 1 amide bonds. The second kappa shape index (κ2) is 7.65. The van der Waals surface area contributed by atoms with Gasteiger partial charge in [0.05, 0.1) is 6.04 Å². The second-order valence-electron chi connectivity index (χ2n) is 6.70. The highest BCUT2D eigenvalue weighted by Gasteiger charge is 2.27. The van der Waals surface area contributed by atoms with Crippen LogP contribution in [0.1, 0.15) is 12.5 Å². The summed E-state index contributed by atoms with van der Waals surface area (Å²) in [7, 11) is 2.10. The van der Waals surface area contributed by atoms with Crippen LogP contribution in [-0.4, -0.2) is 69.3 Å². The third-order valence-corrected chi connectivity index (χ3v) is 5.90. The second-order valence-corrected chi connectivity index (χ2v) is 7.69. The summed E-state index contributed by atoms with van der Waals surface area (Å²) in [6, 6.07) is 3.03. The quantitative estimate of drug-likeness (QED) is 0.756. The molecular weight excluding hydrogens is 366 g/mol. The summed E-state index contributed by atoms with van der Waals surface area (Å²) in [5.74, 6) is 1.78. The molecule has 2 aromatic heterocycles. The van der Waals surface area contributed by atoms with E-state index in [9.17, 15) is 9.59 Å². The van der Waals surface area contributed by atoms with Crippen LogP contribution in [0.4, 0.5) is 11.6 Å². The highest BCUT2D eigenvalue weighted by molar-refractivity contribution is 7.99. The molecule has 0 radical (unpaired) electrons. The van der Waals surface area contributed by atoms with Crippen molar-refractivity contribution in [1.82, 2.24) is 24.4 Å². The van der Waals surface area contributed by atoms with Crippen molar-refractivity contribution in [2.45, 2.75) is 17.6 Å². The first-order valence-electron chi connectivity index (χ1n) is 8.86. The Kier molecular flexibility index (Phi) is 5.08. The molecular formula is C17H21N7O2S. The minimum Gasteiger partial charge on any atom is -0.354 e. The summed E-state index contributed by atoms with van der Waals surface area (Å²) in [4.78, 5) is 41.7. The number of nitrogens with one attached hydrogen (secondary N) is 1. The lowest BCUT2D eigenvalue weighted by Gasteiger charge is -2.33. The molecule has 0 aromatic carbocycles. The van der Waals surface area contributed by atoms with E-state index in [1.54, 1.807) is 10.6 Å². The maximum atomic E-state index is 12.5. The van der Waals surface area contributed by atoms with Crippen molar-refractivity contribution in [1.29, 1.82) is 0 Å². The van der Waals surface area contributed by atoms with E-state index in [0.717, 1.165) is 32.0 Å². The van der Waals surface area contributed by atoms with E-state index in [2.05, 4.69) is 37.1 Å². The Morgan fingerprint density at radius 3 is 2.89 bits per heavy atom. The van der Waals surface area contributed by atoms with Crippen LogP contribution < -0.4 is 15.8 Å². The largest absolute Gasteiger partial charge is 0.354 e. The zero-order chi connectivity index (χ0) is 18.8. The number of piperazine rings is 1. The number of likely N-dealkylation sites (N-methyl/N-ethyl adjacent to an activating group) is 1. The van der Waals surface area contributed by atoms with Crippen LogP contribution in [0.5, 0.6) is 0 Å². The van der Waals surface area contributed by atoms with Crippen LogP contribution in [0.15, 0.2) is 34.6 Å². The summed E-state index contributed by atoms with van der Waals surface area (Å²) in [5, 5.41) is 3.50. The summed E-state index contributed by atoms with van der Waals surface area (Å²) in [5.41, 5.74) is -0.123. The van der Waals surface area contributed by atoms with E-state index in [4.69, 9.17) is 0 Å². The Morgan fingerprint density at radius 2 is 2.07 bits per heavy atom. The normalized spacial score (nSPS) is 19.7. The van der Waals surface area contributed by atoms with Gasteiger partial charge in [0.1, 0.15) is 18.0 Å². The van der Waals surface area contributed by atoms with Crippen molar-refractivity contribution in [2.24, 2.45) is 0 Å². The molecule has 0 bridgehead atoms. The summed E-state index contributed by atoms with van der Waals surface area (Å²) in [6.45, 7) is 3.75. The fraction of sp³-hybridized carbons (Fsp3) is 0.471. The molecule has 0 spiro atoms. The lowest BCUT2D eigenvalue weighted by Crippen LogP contribution is -2.44. The van der Waals surface area contributed by atoms with E-state index in [1.165, 1.54) is 30.4 Å². The molecule has 1 atom stereocenters. The molecule has 1 saturated heterocycles. The number of anilines is 2. The van der Waals surface area contributed by atoms with Gasteiger partial charge in [-0.15, -0.1) is 0 Å². The van der Waals surface area contributed by atoms with Crippen LogP contribution in [0, 0.1) is 0 Å². The number of carbonyl (C=O) groups is 1. The van der Waals surface area contributed by atoms with Crippen molar-refractivity contribution in [3.05, 3.63) is 35.0 Å². The van der Waals surface area contributed by atoms with Crippen molar-refractivity contribution < 1.29 is 4.79 Å². The Bertz CT molecular complexity index is 895. The van der Waals surface area contributed by atoms with Crippen LogP contribution in [-0.2, 0) is 4.79 Å². The molecule has 142 valence electrons. The first-order chi connectivity index (χ1) is 13.1. The topological polar surface area (TPSA) is 96.2 Å². The number of hydrogen-bond donors (Lipinski definition) is 1. The highest BCUT2D eigenvalue weighted by atomic mass is 32.2. The Hall–Kier alpha value is -2.46. The van der Waals surface area contributed by atoms with E-state index >= 15 is 0 Å². The molecule has 2 aliphatic rings. The Balaban J connectivity index is 1.41. The lowest BCUT2D eigenvalue weighted by molar-refractivity contribution is -0.116. The number of thioether (sulfide) groups is 1. The van der Waals surface area contributed by atoms with E-state index in [1.807, 2.05) is 0 Å². The molecule has 10 heteroatoms. The SMILES string of the molecule is CN1CCN(c2cc(NC(=O)CC3CSc4nccc(=O)n43)ncn2)CC1. The fourth-order valence-corrected chi connectivity index (χ4v) is 4.39. The predicted octanol–water partition coefficient (Wildman–Crippen LogP) is 0.461. The van der Waals surface area contributed by atoms with Crippen LogP contribution in [0.25, 0.3) is 0 Å². The first kappa shape index (κ1) is 17.9. The van der Waals surface area contributed by atoms with E-state index in [0.29, 0.717) is 16.7 Å². The lowest BCUT2D eigenvalue weighted by atomic mass is 10.2. The molecule has 4 heterocycles. The van der Waals surface area contributed by atoms with Crippen molar-refractivity contribution in [2.75, 3.05) is 49.2 Å². The molecule has 1 fully saturated rings. The van der Waals surface area contributed by atoms with Gasteiger partial charge in [0.25, 0.3) is 5.56 Å². The number of nitrogens with zero attached hydrogens (tertiary/aromatic N) is 6. The molecule has 0 aliphatic carbocycles. The molecule has 27 heavy (non-hydrogen) atoms. The third kappa shape index (κ3) is 3.96. The Labute approximate surface area is 160 Å². The average Bonchev–Trinajstić information content (AvgIpc) is 3.06. The standard InChI is InChI=1S/C17H21N7O2S/c1-22-4-6-23(7-5-22)14-9-13(19-11-20-14)21-15(25)8-12-10-27-17-18-3-2-16(26)24(12)17/h2-3,9,11-12H,4-8,10H2,1H3,(H,19,20,21,25). The van der Waals surface area contributed by atoms with Gasteiger partial charge in [0.2, 0.25) is 5.91 Å². The van der Waals surface area contributed by atoms with Gasteiger partial charge in [-0.1, -0.05) is 11.8 Å². The molecule has 1 N–H and O–H groups in total. The molecule has 1 unspecified atom stereocenters. The maximum absolute atomic E-state index is 12.5. The van der Waals surface area contributed by atoms with Gasteiger partial charge in [0.15, 0.2) is 5.16 Å². The number of carbonyl (C=O) groups excluding carboxylic acids is 1.